The molecule has 3 rings (SSSR count). The molecule has 0 radical (unpaired) electrons. The summed E-state index contributed by atoms with van der Waals surface area (Å²) >= 11 is 0. The third-order valence-corrected chi connectivity index (χ3v) is 4.71. The summed E-state index contributed by atoms with van der Waals surface area (Å²) in [5.74, 6) is -16.9. The van der Waals surface area contributed by atoms with Crippen molar-refractivity contribution in [3.05, 3.63) is 0 Å². The monoisotopic (exact) mass is 373 g/mol. The van der Waals surface area contributed by atoms with Crippen molar-refractivity contribution in [3.63, 3.8) is 0 Å². The minimum absolute atomic E-state index is 0.275. The Kier molecular flexibility index (Phi) is 4.72. The van der Waals surface area contributed by atoms with Crippen LogP contribution >= 0.6 is 0 Å². The average molecular weight is 373 g/mol. The van der Waals surface area contributed by atoms with E-state index in [9.17, 15) is 31.9 Å². The SMILES string of the molecule is C[C@H](C(=O)O)[C@@H]1[C@H](C(=O)O)C1(F)F.O=C1NC(COO)C2C1C2(F)F. The Hall–Kier alpha value is -1.95. The van der Waals surface area contributed by atoms with E-state index in [0.29, 0.717) is 0 Å². The minimum atomic E-state index is -3.37. The molecule has 0 spiro atoms. The molecule has 1 aliphatic heterocycles. The van der Waals surface area contributed by atoms with Gasteiger partial charge < -0.3 is 15.5 Å². The smallest absolute Gasteiger partial charge is 0.313 e. The molecule has 1 amide bonds. The lowest BCUT2D eigenvalue weighted by Crippen LogP contribution is -2.38. The molecule has 0 aromatic heterocycles. The molecule has 3 unspecified atom stereocenters. The first-order valence-electron chi connectivity index (χ1n) is 7.17. The van der Waals surface area contributed by atoms with Crippen molar-refractivity contribution in [3.8, 4) is 0 Å². The van der Waals surface area contributed by atoms with E-state index >= 15 is 0 Å². The summed E-state index contributed by atoms with van der Waals surface area (Å²) < 4.78 is 50.7. The van der Waals surface area contributed by atoms with E-state index in [-0.39, 0.29) is 6.61 Å². The van der Waals surface area contributed by atoms with Gasteiger partial charge in [0.1, 0.15) is 18.4 Å². The van der Waals surface area contributed by atoms with E-state index in [0.717, 1.165) is 6.92 Å². The summed E-state index contributed by atoms with van der Waals surface area (Å²) in [5.41, 5.74) is 0. The summed E-state index contributed by atoms with van der Waals surface area (Å²) in [5, 5.41) is 27.0. The number of alkyl halides is 4. The molecular formula is C13H15F4NO7. The summed E-state index contributed by atoms with van der Waals surface area (Å²) in [6.07, 6.45) is 0. The molecule has 8 nitrogen and oxygen atoms in total. The standard InChI is InChI=1S/C7H8F2O4.C6H7F2NO3/c1-2(5(10)11)3-4(6(12)13)7(3,8)9;7-6(8)3-2(1-12-11)9-5(10)4(3)6/h2-4H,1H3,(H,10,11)(H,12,13);2-4,11H,1H2,(H,9,10)/t2-,3+,4+;/m0./s1. The molecule has 3 aliphatic rings. The summed E-state index contributed by atoms with van der Waals surface area (Å²) in [6.45, 7) is 0.812. The Bertz CT molecular complexity index is 599. The number of nitrogens with one attached hydrogen (secondary N) is 1. The molecular weight excluding hydrogens is 358 g/mol. The molecule has 0 aromatic rings. The molecule has 2 aliphatic carbocycles. The van der Waals surface area contributed by atoms with Crippen LogP contribution in [0.5, 0.6) is 0 Å². The van der Waals surface area contributed by atoms with Crippen molar-refractivity contribution in [2.24, 2.45) is 29.6 Å². The maximum absolute atomic E-state index is 12.7. The fraction of sp³-hybridized carbons (Fsp3) is 0.769. The van der Waals surface area contributed by atoms with Gasteiger partial charge in [-0.15, -0.1) is 0 Å². The predicted octanol–water partition coefficient (Wildman–Crippen LogP) is 0.529. The van der Waals surface area contributed by atoms with Gasteiger partial charge in [0.15, 0.2) is 0 Å². The zero-order chi connectivity index (χ0) is 19.3. The number of carbonyl (C=O) groups excluding carboxylic acids is 1. The van der Waals surface area contributed by atoms with Crippen LogP contribution in [0, 0.1) is 29.6 Å². The second-order valence-electron chi connectivity index (χ2n) is 6.23. The number of carboxylic acids is 2. The van der Waals surface area contributed by atoms with Gasteiger partial charge in [-0.05, 0) is 0 Å². The van der Waals surface area contributed by atoms with Crippen LogP contribution in [-0.4, -0.2) is 57.8 Å². The lowest BCUT2D eigenvalue weighted by atomic mass is 10.1. The van der Waals surface area contributed by atoms with Gasteiger partial charge in [-0.2, -0.15) is 0 Å². The molecule has 0 aromatic carbocycles. The fourth-order valence-electron chi connectivity index (χ4n) is 3.22. The van der Waals surface area contributed by atoms with Gasteiger partial charge in [0.25, 0.3) is 11.8 Å². The number of piperidine rings is 1. The number of halogens is 4. The van der Waals surface area contributed by atoms with Crippen molar-refractivity contribution in [2.75, 3.05) is 6.61 Å². The number of carbonyl (C=O) groups is 3. The lowest BCUT2D eigenvalue weighted by molar-refractivity contribution is -0.247. The van der Waals surface area contributed by atoms with E-state index < -0.39 is 65.3 Å². The number of rotatable bonds is 5. The molecule has 4 N–H and O–H groups in total. The largest absolute Gasteiger partial charge is 0.481 e. The molecule has 12 heteroatoms. The first kappa shape index (κ1) is 19.4. The van der Waals surface area contributed by atoms with Gasteiger partial charge >= 0.3 is 11.9 Å². The molecule has 142 valence electrons. The predicted molar refractivity (Wildman–Crippen MR) is 68.8 cm³/mol. The van der Waals surface area contributed by atoms with Gasteiger partial charge in [-0.1, -0.05) is 6.92 Å². The number of carboxylic acid groups (broad SMARTS) is 2. The average Bonchev–Trinajstić information content (AvgIpc) is 3.18. The van der Waals surface area contributed by atoms with Crippen LogP contribution in [0.25, 0.3) is 0 Å². The molecule has 1 heterocycles. The van der Waals surface area contributed by atoms with Crippen LogP contribution in [0.3, 0.4) is 0 Å². The molecule has 3 fully saturated rings. The van der Waals surface area contributed by atoms with Crippen molar-refractivity contribution in [1.82, 2.24) is 5.32 Å². The Balaban J connectivity index is 0.000000181. The van der Waals surface area contributed by atoms with Crippen molar-refractivity contribution in [1.29, 1.82) is 0 Å². The van der Waals surface area contributed by atoms with Crippen LogP contribution in [0.4, 0.5) is 17.6 Å². The number of fused-ring (bicyclic) bond motifs is 1. The first-order valence-corrected chi connectivity index (χ1v) is 7.17. The number of hydrogen-bond acceptors (Lipinski definition) is 5. The first-order chi connectivity index (χ1) is 11.4. The van der Waals surface area contributed by atoms with Crippen LogP contribution < -0.4 is 5.32 Å². The second kappa shape index (κ2) is 6.09. The van der Waals surface area contributed by atoms with Crippen molar-refractivity contribution < 1.29 is 52.3 Å². The molecule has 2 saturated carbocycles. The third kappa shape index (κ3) is 3.15. The Morgan fingerprint density at radius 2 is 1.80 bits per heavy atom. The fourth-order valence-corrected chi connectivity index (χ4v) is 3.22. The minimum Gasteiger partial charge on any atom is -0.481 e. The number of hydrogen-bond donors (Lipinski definition) is 4. The summed E-state index contributed by atoms with van der Waals surface area (Å²) in [6, 6.07) is -0.748. The Labute approximate surface area is 137 Å². The van der Waals surface area contributed by atoms with Crippen LogP contribution in [0.2, 0.25) is 0 Å². The van der Waals surface area contributed by atoms with Crippen LogP contribution in [0.1, 0.15) is 6.92 Å². The summed E-state index contributed by atoms with van der Waals surface area (Å²) in [4.78, 5) is 35.1. The zero-order valence-electron chi connectivity index (χ0n) is 12.7. The molecule has 1 saturated heterocycles. The van der Waals surface area contributed by atoms with E-state index in [1.807, 2.05) is 0 Å². The van der Waals surface area contributed by atoms with Gasteiger partial charge in [0.2, 0.25) is 5.91 Å². The number of amides is 1. The summed E-state index contributed by atoms with van der Waals surface area (Å²) in [7, 11) is 0. The highest BCUT2D eigenvalue weighted by molar-refractivity contribution is 5.87. The van der Waals surface area contributed by atoms with Crippen LogP contribution in [0.15, 0.2) is 0 Å². The quantitative estimate of drug-likeness (QED) is 0.314. The highest BCUT2D eigenvalue weighted by atomic mass is 19.3. The van der Waals surface area contributed by atoms with Gasteiger partial charge in [-0.3, -0.25) is 19.6 Å². The van der Waals surface area contributed by atoms with Crippen molar-refractivity contribution in [2.45, 2.75) is 24.8 Å². The highest BCUT2D eigenvalue weighted by Gasteiger charge is 2.78. The lowest BCUT2D eigenvalue weighted by Gasteiger charge is -2.12. The zero-order valence-corrected chi connectivity index (χ0v) is 12.7. The maximum Gasteiger partial charge on any atom is 0.313 e. The molecule has 6 atom stereocenters. The Morgan fingerprint density at radius 1 is 1.24 bits per heavy atom. The molecule has 25 heavy (non-hydrogen) atoms. The van der Waals surface area contributed by atoms with Gasteiger partial charge in [0.05, 0.1) is 23.8 Å². The number of aliphatic carboxylic acids is 2. The van der Waals surface area contributed by atoms with Crippen LogP contribution in [-0.2, 0) is 19.3 Å². The Morgan fingerprint density at radius 3 is 2.12 bits per heavy atom. The second-order valence-corrected chi connectivity index (χ2v) is 6.23. The van der Waals surface area contributed by atoms with E-state index in [2.05, 4.69) is 10.2 Å². The topological polar surface area (TPSA) is 133 Å². The maximum atomic E-state index is 12.7. The normalized spacial score (nSPS) is 37.0. The van der Waals surface area contributed by atoms with Crippen molar-refractivity contribution >= 4 is 17.8 Å². The van der Waals surface area contributed by atoms with E-state index in [4.69, 9.17) is 15.5 Å². The highest BCUT2D eigenvalue weighted by Crippen LogP contribution is 2.60. The van der Waals surface area contributed by atoms with E-state index in [1.54, 1.807) is 0 Å². The van der Waals surface area contributed by atoms with E-state index in [1.165, 1.54) is 0 Å². The van der Waals surface area contributed by atoms with Gasteiger partial charge in [0, 0.05) is 0 Å². The van der Waals surface area contributed by atoms with Gasteiger partial charge in [-0.25, -0.2) is 22.4 Å². The third-order valence-electron chi connectivity index (χ3n) is 4.71. The molecule has 0 bridgehead atoms.